The van der Waals surface area contributed by atoms with E-state index in [9.17, 15) is 10.1 Å². The molecule has 0 aliphatic heterocycles. The summed E-state index contributed by atoms with van der Waals surface area (Å²) in [6, 6.07) is 6.36. The van der Waals surface area contributed by atoms with E-state index in [1.165, 1.54) is 23.9 Å². The molecule has 3 rings (SSSR count). The van der Waals surface area contributed by atoms with Crippen molar-refractivity contribution in [2.45, 2.75) is 35.4 Å². The molecule has 1 fully saturated rings. The van der Waals surface area contributed by atoms with E-state index in [-0.39, 0.29) is 5.69 Å². The van der Waals surface area contributed by atoms with Gasteiger partial charge in [0.2, 0.25) is 5.89 Å². The smallest absolute Gasteiger partial charge is 0.269 e. The first kappa shape index (κ1) is 14.0. The zero-order valence-electron chi connectivity index (χ0n) is 11.2. The van der Waals surface area contributed by atoms with E-state index < -0.39 is 10.5 Å². The third-order valence-corrected chi connectivity index (χ3v) is 4.57. The van der Waals surface area contributed by atoms with Crippen LogP contribution in [0.1, 0.15) is 31.0 Å². The molecule has 0 atom stereocenters. The molecule has 0 spiro atoms. The van der Waals surface area contributed by atoms with E-state index in [0.717, 1.165) is 24.2 Å². The first-order chi connectivity index (χ1) is 10.1. The molecule has 21 heavy (non-hydrogen) atoms. The van der Waals surface area contributed by atoms with E-state index in [0.29, 0.717) is 17.5 Å². The van der Waals surface area contributed by atoms with Gasteiger partial charge in [0, 0.05) is 17.0 Å². The highest BCUT2D eigenvalue weighted by Crippen LogP contribution is 2.37. The van der Waals surface area contributed by atoms with Crippen LogP contribution >= 0.6 is 11.8 Å². The highest BCUT2D eigenvalue weighted by molar-refractivity contribution is 7.98. The number of nitro benzene ring substituents is 1. The van der Waals surface area contributed by atoms with Crippen LogP contribution in [0.2, 0.25) is 0 Å². The molecule has 110 valence electrons. The lowest BCUT2D eigenvalue weighted by Gasteiger charge is -2.34. The number of non-ortho nitro benzene ring substituents is 1. The maximum atomic E-state index is 10.6. The fourth-order valence-electron chi connectivity index (χ4n) is 2.11. The van der Waals surface area contributed by atoms with E-state index >= 15 is 0 Å². The first-order valence-corrected chi connectivity index (χ1v) is 7.55. The number of thioether (sulfide) groups is 1. The molecular formula is C13H14N4O3S. The molecule has 0 bridgehead atoms. The number of aromatic nitrogens is 2. The second-order valence-corrected chi connectivity index (χ2v) is 6.11. The Balaban J connectivity index is 1.61. The van der Waals surface area contributed by atoms with Gasteiger partial charge in [0.25, 0.3) is 5.69 Å². The topological polar surface area (TPSA) is 108 Å². The molecule has 8 heteroatoms. The van der Waals surface area contributed by atoms with Crippen LogP contribution in [0.5, 0.6) is 0 Å². The summed E-state index contributed by atoms with van der Waals surface area (Å²) < 4.78 is 5.20. The van der Waals surface area contributed by atoms with E-state index in [4.69, 9.17) is 10.3 Å². The number of nitrogens with zero attached hydrogens (tertiary/aromatic N) is 3. The van der Waals surface area contributed by atoms with Gasteiger partial charge in [0.1, 0.15) is 0 Å². The Morgan fingerprint density at radius 2 is 2.10 bits per heavy atom. The molecule has 2 aromatic rings. The monoisotopic (exact) mass is 306 g/mol. The van der Waals surface area contributed by atoms with Crippen molar-refractivity contribution in [3.63, 3.8) is 0 Å². The molecule has 7 nitrogen and oxygen atoms in total. The summed E-state index contributed by atoms with van der Waals surface area (Å²) in [5, 5.41) is 14.5. The van der Waals surface area contributed by atoms with Crippen LogP contribution < -0.4 is 5.73 Å². The summed E-state index contributed by atoms with van der Waals surface area (Å²) in [6.45, 7) is 0. The van der Waals surface area contributed by atoms with Crippen molar-refractivity contribution in [1.82, 2.24) is 10.1 Å². The van der Waals surface area contributed by atoms with Gasteiger partial charge >= 0.3 is 0 Å². The zero-order valence-corrected chi connectivity index (χ0v) is 12.0. The Bertz CT molecular complexity index is 652. The number of hydrogen-bond acceptors (Lipinski definition) is 7. The van der Waals surface area contributed by atoms with Crippen molar-refractivity contribution in [2.24, 2.45) is 5.73 Å². The largest absolute Gasteiger partial charge is 0.338 e. The predicted molar refractivity (Wildman–Crippen MR) is 76.7 cm³/mol. The van der Waals surface area contributed by atoms with Gasteiger partial charge in [0.05, 0.1) is 16.2 Å². The van der Waals surface area contributed by atoms with Gasteiger partial charge in [-0.1, -0.05) is 5.16 Å². The van der Waals surface area contributed by atoms with Crippen molar-refractivity contribution in [3.8, 4) is 0 Å². The molecule has 1 saturated carbocycles. The number of rotatable bonds is 5. The molecule has 1 aliphatic carbocycles. The Hall–Kier alpha value is -1.93. The molecule has 1 heterocycles. The predicted octanol–water partition coefficient (Wildman–Crippen LogP) is 2.61. The average molecular weight is 306 g/mol. The summed E-state index contributed by atoms with van der Waals surface area (Å²) >= 11 is 1.48. The van der Waals surface area contributed by atoms with Gasteiger partial charge in [-0.25, -0.2) is 0 Å². The molecule has 1 aromatic carbocycles. The lowest BCUT2D eigenvalue weighted by Crippen LogP contribution is -2.44. The third-order valence-electron chi connectivity index (χ3n) is 3.57. The minimum Gasteiger partial charge on any atom is -0.338 e. The van der Waals surface area contributed by atoms with Crippen LogP contribution in [-0.2, 0) is 11.3 Å². The minimum atomic E-state index is -0.419. The van der Waals surface area contributed by atoms with Crippen LogP contribution in [0.15, 0.2) is 33.7 Å². The number of nitro groups is 1. The van der Waals surface area contributed by atoms with Crippen LogP contribution in [0.4, 0.5) is 5.69 Å². The Labute approximate surface area is 125 Å². The van der Waals surface area contributed by atoms with Gasteiger partial charge in [0.15, 0.2) is 5.82 Å². The first-order valence-electron chi connectivity index (χ1n) is 6.56. The molecule has 0 radical (unpaired) electrons. The molecular weight excluding hydrogens is 292 g/mol. The van der Waals surface area contributed by atoms with Crippen molar-refractivity contribution in [3.05, 3.63) is 46.1 Å². The molecule has 0 unspecified atom stereocenters. The molecule has 1 aromatic heterocycles. The van der Waals surface area contributed by atoms with Crippen molar-refractivity contribution in [2.75, 3.05) is 0 Å². The second kappa shape index (κ2) is 5.45. The molecule has 0 amide bonds. The van der Waals surface area contributed by atoms with Crippen molar-refractivity contribution >= 4 is 17.4 Å². The maximum Gasteiger partial charge on any atom is 0.269 e. The van der Waals surface area contributed by atoms with Crippen molar-refractivity contribution < 1.29 is 9.45 Å². The molecule has 0 saturated heterocycles. The Kier molecular flexibility index (Phi) is 3.64. The lowest BCUT2D eigenvalue weighted by molar-refractivity contribution is -0.384. The summed E-state index contributed by atoms with van der Waals surface area (Å²) in [5.41, 5.74) is 5.80. The Morgan fingerprint density at radius 3 is 2.67 bits per heavy atom. The van der Waals surface area contributed by atoms with Gasteiger partial charge < -0.3 is 10.3 Å². The lowest BCUT2D eigenvalue weighted by atomic mass is 9.77. The van der Waals surface area contributed by atoms with Crippen LogP contribution in [-0.4, -0.2) is 15.1 Å². The fraction of sp³-hybridized carbons (Fsp3) is 0.385. The Morgan fingerprint density at radius 1 is 1.38 bits per heavy atom. The summed E-state index contributed by atoms with van der Waals surface area (Å²) in [5.74, 6) is 1.61. The third kappa shape index (κ3) is 2.91. The molecule has 1 aliphatic rings. The average Bonchev–Trinajstić information content (AvgIpc) is 2.92. The van der Waals surface area contributed by atoms with Crippen molar-refractivity contribution in [1.29, 1.82) is 0 Å². The zero-order chi connectivity index (χ0) is 14.9. The van der Waals surface area contributed by atoms with E-state index in [1.54, 1.807) is 12.1 Å². The van der Waals surface area contributed by atoms with Gasteiger partial charge in [-0.3, -0.25) is 10.1 Å². The van der Waals surface area contributed by atoms with Gasteiger partial charge in [-0.15, -0.1) is 11.8 Å². The summed E-state index contributed by atoms with van der Waals surface area (Å²) in [4.78, 5) is 15.4. The number of benzene rings is 1. The highest BCUT2D eigenvalue weighted by Gasteiger charge is 2.38. The maximum absolute atomic E-state index is 10.6. The standard InChI is InChI=1S/C13H14N4O3S/c14-13(6-1-7-13)12-15-11(20-16-12)8-21-10-4-2-9(3-5-10)17(18)19/h2-5H,1,6-8,14H2. The van der Waals surface area contributed by atoms with E-state index in [1.807, 2.05) is 0 Å². The SMILES string of the molecule is NC1(c2noc(CSc3ccc([N+](=O)[O-])cc3)n2)CCC1. The number of hydrogen-bond donors (Lipinski definition) is 1. The quantitative estimate of drug-likeness (QED) is 0.513. The van der Waals surface area contributed by atoms with Gasteiger partial charge in [-0.2, -0.15) is 4.98 Å². The second-order valence-electron chi connectivity index (χ2n) is 5.06. The van der Waals surface area contributed by atoms with Crippen LogP contribution in [0.25, 0.3) is 0 Å². The fourth-order valence-corrected chi connectivity index (χ4v) is 2.84. The minimum absolute atomic E-state index is 0.0782. The van der Waals surface area contributed by atoms with Gasteiger partial charge in [-0.05, 0) is 31.4 Å². The molecule has 2 N–H and O–H groups in total. The van der Waals surface area contributed by atoms with Crippen LogP contribution in [0, 0.1) is 10.1 Å². The normalized spacial score (nSPS) is 16.4. The number of nitrogens with two attached hydrogens (primary N) is 1. The van der Waals surface area contributed by atoms with Crippen LogP contribution in [0.3, 0.4) is 0 Å². The summed E-state index contributed by atoms with van der Waals surface area (Å²) in [6.07, 6.45) is 2.88. The highest BCUT2D eigenvalue weighted by atomic mass is 32.2. The van der Waals surface area contributed by atoms with E-state index in [2.05, 4.69) is 10.1 Å². The summed E-state index contributed by atoms with van der Waals surface area (Å²) in [7, 11) is 0.